The van der Waals surface area contributed by atoms with Gasteiger partial charge in [0.2, 0.25) is 5.91 Å². The van der Waals surface area contributed by atoms with E-state index in [1.165, 1.54) is 17.7 Å². The molecule has 4 aromatic rings. The van der Waals surface area contributed by atoms with Gasteiger partial charge in [-0.05, 0) is 42.8 Å². The number of likely N-dealkylation sites (tertiary alicyclic amines) is 1. The molecule has 1 N–H and O–H groups in total. The molecule has 0 aliphatic carbocycles. The van der Waals surface area contributed by atoms with Crippen LogP contribution in [0.1, 0.15) is 16.8 Å². The van der Waals surface area contributed by atoms with Crippen molar-refractivity contribution in [2.24, 2.45) is 5.92 Å². The molecule has 178 valence electrons. The first-order valence-electron chi connectivity index (χ1n) is 10.8. The number of thiazole rings is 1. The Kier molecular flexibility index (Phi) is 6.40. The van der Waals surface area contributed by atoms with Crippen molar-refractivity contribution in [3.05, 3.63) is 65.9 Å². The summed E-state index contributed by atoms with van der Waals surface area (Å²) in [6.07, 6.45) is 3.68. The summed E-state index contributed by atoms with van der Waals surface area (Å²) in [5.41, 5.74) is 1.09. The number of nitrogens with one attached hydrogen (secondary N) is 1. The second kappa shape index (κ2) is 9.94. The summed E-state index contributed by atoms with van der Waals surface area (Å²) >= 11 is 1.32. The summed E-state index contributed by atoms with van der Waals surface area (Å²) in [4.78, 5) is 34.9. The fourth-order valence-electron chi connectivity index (χ4n) is 3.65. The molecule has 35 heavy (non-hydrogen) atoms. The van der Waals surface area contributed by atoms with Crippen molar-refractivity contribution in [3.63, 3.8) is 0 Å². The van der Waals surface area contributed by atoms with Crippen LogP contribution in [0.5, 0.6) is 17.2 Å². The lowest BCUT2D eigenvalue weighted by atomic mass is 10.1. The van der Waals surface area contributed by atoms with Gasteiger partial charge in [-0.3, -0.25) is 14.9 Å². The number of hydrogen-bond acceptors (Lipinski definition) is 9. The normalized spacial score (nSPS) is 15.3. The van der Waals surface area contributed by atoms with Gasteiger partial charge in [-0.25, -0.2) is 4.98 Å². The van der Waals surface area contributed by atoms with Crippen molar-refractivity contribution < 1.29 is 23.6 Å². The monoisotopic (exact) mass is 491 g/mol. The summed E-state index contributed by atoms with van der Waals surface area (Å²) in [6.45, 7) is 0.927. The van der Waals surface area contributed by atoms with Crippen molar-refractivity contribution in [3.8, 4) is 28.7 Å². The maximum absolute atomic E-state index is 12.9. The Labute approximate surface area is 204 Å². The first-order valence-corrected chi connectivity index (χ1v) is 11.7. The lowest BCUT2D eigenvalue weighted by Gasteiger charge is -2.14. The molecule has 2 aromatic carbocycles. The number of amides is 2. The number of rotatable bonds is 8. The molecule has 1 aliphatic heterocycles. The van der Waals surface area contributed by atoms with Crippen LogP contribution in [0.2, 0.25) is 0 Å². The summed E-state index contributed by atoms with van der Waals surface area (Å²) in [6, 6.07) is 12.0. The molecular formula is C24H21N5O5S. The van der Waals surface area contributed by atoms with Crippen molar-refractivity contribution in [2.75, 3.05) is 25.5 Å². The number of aromatic nitrogens is 3. The molecule has 0 radical (unpaired) electrons. The van der Waals surface area contributed by atoms with E-state index in [-0.39, 0.29) is 24.3 Å². The third kappa shape index (κ3) is 5.30. The lowest BCUT2D eigenvalue weighted by molar-refractivity contribution is -0.130. The van der Waals surface area contributed by atoms with Crippen molar-refractivity contribution in [1.82, 2.24) is 20.0 Å². The van der Waals surface area contributed by atoms with E-state index in [9.17, 15) is 9.59 Å². The van der Waals surface area contributed by atoms with Gasteiger partial charge in [-0.15, -0.1) is 11.3 Å². The minimum atomic E-state index is -0.348. The molecule has 1 unspecified atom stereocenters. The zero-order valence-electron chi connectivity index (χ0n) is 18.7. The summed E-state index contributed by atoms with van der Waals surface area (Å²) < 4.78 is 17.0. The molecule has 1 saturated heterocycles. The smallest absolute Gasteiger partial charge is 0.257 e. The zero-order chi connectivity index (χ0) is 24.2. The van der Waals surface area contributed by atoms with E-state index < -0.39 is 0 Å². The van der Waals surface area contributed by atoms with Gasteiger partial charge in [0.25, 0.3) is 11.8 Å². The topological polar surface area (TPSA) is 120 Å². The highest BCUT2D eigenvalue weighted by atomic mass is 32.1. The number of carbonyl (C=O) groups is 2. The third-order valence-corrected chi connectivity index (χ3v) is 6.17. The molecule has 1 aliphatic rings. The number of carbonyl (C=O) groups excluding carboxylic acids is 2. The quantitative estimate of drug-likeness (QED) is 0.391. The van der Waals surface area contributed by atoms with Gasteiger partial charge in [0.15, 0.2) is 11.5 Å². The molecule has 0 spiro atoms. The van der Waals surface area contributed by atoms with E-state index in [2.05, 4.69) is 20.4 Å². The van der Waals surface area contributed by atoms with Crippen LogP contribution in [-0.2, 0) is 4.79 Å². The Hall–Kier alpha value is -4.25. The maximum atomic E-state index is 12.9. The highest BCUT2D eigenvalue weighted by Gasteiger charge is 2.29. The van der Waals surface area contributed by atoms with Gasteiger partial charge in [0.1, 0.15) is 17.2 Å². The number of benzene rings is 2. The number of ether oxygens (including phenoxy) is 2. The Bertz CT molecular complexity index is 1310. The predicted octanol–water partition coefficient (Wildman–Crippen LogP) is 4.09. The van der Waals surface area contributed by atoms with E-state index in [0.717, 1.165) is 12.0 Å². The minimum absolute atomic E-state index is 0.0560. The van der Waals surface area contributed by atoms with Crippen molar-refractivity contribution in [2.45, 2.75) is 6.42 Å². The third-order valence-electron chi connectivity index (χ3n) is 5.48. The molecule has 5 rings (SSSR count). The highest BCUT2D eigenvalue weighted by molar-refractivity contribution is 7.13. The van der Waals surface area contributed by atoms with E-state index >= 15 is 0 Å². The van der Waals surface area contributed by atoms with Gasteiger partial charge in [0.05, 0.1) is 12.5 Å². The number of nitrogens with zero attached hydrogens (tertiary/aromatic N) is 4. The van der Waals surface area contributed by atoms with Crippen LogP contribution in [0, 0.1) is 5.92 Å². The Morgan fingerprint density at radius 1 is 1.17 bits per heavy atom. The van der Waals surface area contributed by atoms with Crippen LogP contribution in [0.25, 0.3) is 11.5 Å². The largest absolute Gasteiger partial charge is 0.493 e. The number of anilines is 1. The summed E-state index contributed by atoms with van der Waals surface area (Å²) in [7, 11) is 1.78. The molecule has 0 saturated carbocycles. The van der Waals surface area contributed by atoms with Crippen LogP contribution < -0.4 is 14.8 Å². The Balaban J connectivity index is 1.36. The number of hydrogen-bond donors (Lipinski definition) is 1. The van der Waals surface area contributed by atoms with E-state index in [4.69, 9.17) is 14.0 Å². The molecule has 11 heteroatoms. The highest BCUT2D eigenvalue weighted by Crippen LogP contribution is 2.30. The van der Waals surface area contributed by atoms with Crippen LogP contribution >= 0.6 is 11.3 Å². The van der Waals surface area contributed by atoms with Crippen LogP contribution in [0.3, 0.4) is 0 Å². The SMILES string of the molecule is CN1CCC(COc2cc(Oc3ccc(-c4ncno4)cc3)cc(C(=O)Nc3nccs3)c2)C1=O. The van der Waals surface area contributed by atoms with Gasteiger partial charge in [-0.2, -0.15) is 4.98 Å². The molecule has 1 atom stereocenters. The first kappa shape index (κ1) is 22.5. The van der Waals surface area contributed by atoms with Crippen molar-refractivity contribution in [1.29, 1.82) is 0 Å². The van der Waals surface area contributed by atoms with E-state index in [1.807, 2.05) is 0 Å². The van der Waals surface area contributed by atoms with E-state index in [1.54, 1.807) is 66.0 Å². The maximum Gasteiger partial charge on any atom is 0.257 e. The van der Waals surface area contributed by atoms with Crippen LogP contribution in [0.4, 0.5) is 5.13 Å². The molecule has 2 aromatic heterocycles. The minimum Gasteiger partial charge on any atom is -0.493 e. The second-order valence-corrected chi connectivity index (χ2v) is 8.81. The van der Waals surface area contributed by atoms with Gasteiger partial charge >= 0.3 is 0 Å². The molecule has 3 heterocycles. The fourth-order valence-corrected chi connectivity index (χ4v) is 4.17. The van der Waals surface area contributed by atoms with Crippen molar-refractivity contribution >= 4 is 28.3 Å². The predicted molar refractivity (Wildman–Crippen MR) is 128 cm³/mol. The fraction of sp³-hybridized carbons (Fsp3) is 0.208. The van der Waals surface area contributed by atoms with Gasteiger partial charge in [0, 0.05) is 42.4 Å². The van der Waals surface area contributed by atoms with Crippen LogP contribution in [-0.4, -0.2) is 52.0 Å². The first-order chi connectivity index (χ1) is 17.0. The molecule has 1 fully saturated rings. The zero-order valence-corrected chi connectivity index (χ0v) is 19.5. The van der Waals surface area contributed by atoms with Gasteiger partial charge < -0.3 is 18.9 Å². The van der Waals surface area contributed by atoms with E-state index in [0.29, 0.717) is 40.4 Å². The standard InChI is InChI=1S/C24H21N5O5S/c1-29-8-6-16(23(29)31)13-32-19-10-17(21(30)28-24-25-7-9-35-24)11-20(12-19)33-18-4-2-15(3-5-18)22-26-14-27-34-22/h2-5,7,9-12,14,16H,6,8,13H2,1H3,(H,25,28,30). The lowest BCUT2D eigenvalue weighted by Crippen LogP contribution is -2.25. The summed E-state index contributed by atoms with van der Waals surface area (Å²) in [5, 5.41) is 8.63. The summed E-state index contributed by atoms with van der Waals surface area (Å²) in [5.74, 6) is 1.28. The molecule has 2 amide bonds. The Morgan fingerprint density at radius 2 is 2.00 bits per heavy atom. The average molecular weight is 492 g/mol. The Morgan fingerprint density at radius 3 is 2.69 bits per heavy atom. The van der Waals surface area contributed by atoms with Crippen LogP contribution in [0.15, 0.2) is 64.9 Å². The molecule has 10 nitrogen and oxygen atoms in total. The second-order valence-electron chi connectivity index (χ2n) is 7.91. The average Bonchev–Trinajstić information content (AvgIpc) is 3.63. The molecule has 0 bridgehead atoms. The molecular weight excluding hydrogens is 470 g/mol. The van der Waals surface area contributed by atoms with Gasteiger partial charge in [-0.1, -0.05) is 5.16 Å².